The van der Waals surface area contributed by atoms with Crippen LogP contribution in [0.1, 0.15) is 63.1 Å². The zero-order valence-corrected chi connectivity index (χ0v) is 19.2. The number of rotatable bonds is 8. The number of unbranched alkanes of at least 4 members (excludes halogenated alkanes) is 1. The van der Waals surface area contributed by atoms with Gasteiger partial charge in [-0.25, -0.2) is 4.79 Å². The first-order chi connectivity index (χ1) is 14.7. The predicted molar refractivity (Wildman–Crippen MR) is 119 cm³/mol. The van der Waals surface area contributed by atoms with Gasteiger partial charge in [0.1, 0.15) is 17.3 Å². The normalized spacial score (nSPS) is 12.0. The molecule has 0 aliphatic carbocycles. The van der Waals surface area contributed by atoms with E-state index in [4.69, 9.17) is 14.2 Å². The van der Waals surface area contributed by atoms with Crippen LogP contribution in [0.2, 0.25) is 0 Å². The number of nitrogens with zero attached hydrogens (tertiary/aromatic N) is 3. The molecule has 0 aliphatic rings. The lowest BCUT2D eigenvalue weighted by Crippen LogP contribution is -2.12. The molecule has 0 radical (unpaired) electrons. The zero-order valence-electron chi connectivity index (χ0n) is 19.2. The first-order valence-corrected chi connectivity index (χ1v) is 10.4. The molecule has 0 aliphatic heterocycles. The highest BCUT2D eigenvalue weighted by Crippen LogP contribution is 2.30. The van der Waals surface area contributed by atoms with E-state index < -0.39 is 6.16 Å². The van der Waals surface area contributed by atoms with Crippen molar-refractivity contribution in [1.29, 1.82) is 5.26 Å². The number of carbonyl (C=O) groups is 1. The van der Waals surface area contributed by atoms with E-state index in [1.807, 2.05) is 44.2 Å². The third kappa shape index (κ3) is 6.61. The highest BCUT2D eigenvalue weighted by Gasteiger charge is 2.20. The van der Waals surface area contributed by atoms with Gasteiger partial charge in [-0.05, 0) is 36.0 Å². The molecule has 7 heteroatoms. The molecule has 7 nitrogen and oxygen atoms in total. The van der Waals surface area contributed by atoms with Gasteiger partial charge in [0.2, 0.25) is 6.79 Å². The monoisotopic (exact) mass is 425 g/mol. The summed E-state index contributed by atoms with van der Waals surface area (Å²) in [6.07, 6.45) is 0.872. The number of aryl methyl sites for hydroxylation is 2. The minimum atomic E-state index is -0.804. The SMILES string of the molecule is CCCCOC(=O)OCO/C(=C(/C#N)c1ccc(C(C)(C)C)cc1)c1cc(C)nn1C. The highest BCUT2D eigenvalue weighted by molar-refractivity contribution is 5.94. The van der Waals surface area contributed by atoms with Crippen LogP contribution < -0.4 is 0 Å². The fourth-order valence-electron chi connectivity index (χ4n) is 2.96. The summed E-state index contributed by atoms with van der Waals surface area (Å²) < 4.78 is 17.4. The second-order valence-corrected chi connectivity index (χ2v) is 8.30. The fraction of sp³-hybridized carbons (Fsp3) is 0.458. The van der Waals surface area contributed by atoms with Gasteiger partial charge in [-0.2, -0.15) is 10.4 Å². The lowest BCUT2D eigenvalue weighted by atomic mass is 9.86. The molecule has 0 saturated heterocycles. The molecule has 0 spiro atoms. The molecule has 0 saturated carbocycles. The van der Waals surface area contributed by atoms with Crippen molar-refractivity contribution in [2.24, 2.45) is 7.05 Å². The Labute approximate surface area is 184 Å². The van der Waals surface area contributed by atoms with Crippen LogP contribution in [0.25, 0.3) is 11.3 Å². The Balaban J connectivity index is 2.34. The van der Waals surface area contributed by atoms with Crippen LogP contribution in [0.15, 0.2) is 30.3 Å². The number of carbonyl (C=O) groups excluding carboxylic acids is 1. The van der Waals surface area contributed by atoms with Gasteiger partial charge in [-0.3, -0.25) is 4.68 Å². The molecule has 166 valence electrons. The highest BCUT2D eigenvalue weighted by atomic mass is 16.8. The van der Waals surface area contributed by atoms with Crippen LogP contribution in [-0.2, 0) is 26.7 Å². The van der Waals surface area contributed by atoms with Crippen LogP contribution in [0.3, 0.4) is 0 Å². The van der Waals surface area contributed by atoms with Crippen molar-refractivity contribution in [3.05, 3.63) is 52.8 Å². The second-order valence-electron chi connectivity index (χ2n) is 8.30. The Morgan fingerprint density at radius 3 is 2.35 bits per heavy atom. The number of benzene rings is 1. The quantitative estimate of drug-likeness (QED) is 0.186. The van der Waals surface area contributed by atoms with Gasteiger partial charge in [0, 0.05) is 7.05 Å². The summed E-state index contributed by atoms with van der Waals surface area (Å²) in [5.74, 6) is 0.287. The van der Waals surface area contributed by atoms with E-state index in [1.54, 1.807) is 11.7 Å². The third-order valence-corrected chi connectivity index (χ3v) is 4.71. The molecule has 0 fully saturated rings. The number of allylic oxidation sites excluding steroid dienone is 1. The molecular weight excluding hydrogens is 394 g/mol. The van der Waals surface area contributed by atoms with E-state index in [1.165, 1.54) is 0 Å². The Kier molecular flexibility index (Phi) is 8.26. The first-order valence-electron chi connectivity index (χ1n) is 10.4. The van der Waals surface area contributed by atoms with Crippen LogP contribution >= 0.6 is 0 Å². The van der Waals surface area contributed by atoms with Gasteiger partial charge in [0.05, 0.1) is 12.3 Å². The van der Waals surface area contributed by atoms with Crippen LogP contribution in [0, 0.1) is 18.3 Å². The van der Waals surface area contributed by atoms with Crippen molar-refractivity contribution >= 4 is 17.5 Å². The zero-order chi connectivity index (χ0) is 23.0. The van der Waals surface area contributed by atoms with E-state index in [0.717, 1.165) is 24.1 Å². The summed E-state index contributed by atoms with van der Waals surface area (Å²) in [6.45, 7) is 10.2. The van der Waals surface area contributed by atoms with Crippen LogP contribution in [0.5, 0.6) is 0 Å². The fourth-order valence-corrected chi connectivity index (χ4v) is 2.96. The summed E-state index contributed by atoms with van der Waals surface area (Å²) in [7, 11) is 1.77. The van der Waals surface area contributed by atoms with Crippen molar-refractivity contribution in [3.63, 3.8) is 0 Å². The Morgan fingerprint density at radius 1 is 1.16 bits per heavy atom. The summed E-state index contributed by atoms with van der Waals surface area (Å²) >= 11 is 0. The van der Waals surface area contributed by atoms with E-state index in [0.29, 0.717) is 23.4 Å². The summed E-state index contributed by atoms with van der Waals surface area (Å²) in [6, 6.07) is 11.8. The van der Waals surface area contributed by atoms with Crippen molar-refractivity contribution < 1.29 is 19.0 Å². The Morgan fingerprint density at radius 2 is 1.84 bits per heavy atom. The molecular formula is C24H31N3O4. The van der Waals surface area contributed by atoms with Crippen molar-refractivity contribution in [1.82, 2.24) is 9.78 Å². The molecule has 31 heavy (non-hydrogen) atoms. The Bertz CT molecular complexity index is 960. The molecule has 1 heterocycles. The molecule has 0 amide bonds. The Hall–Kier alpha value is -3.27. The predicted octanol–water partition coefficient (Wildman–Crippen LogP) is 5.35. The number of hydrogen-bond acceptors (Lipinski definition) is 6. The van der Waals surface area contributed by atoms with Gasteiger partial charge in [-0.1, -0.05) is 58.4 Å². The van der Waals surface area contributed by atoms with Crippen molar-refractivity contribution in [2.75, 3.05) is 13.4 Å². The first kappa shape index (κ1) is 24.0. The summed E-state index contributed by atoms with van der Waals surface area (Å²) in [4.78, 5) is 11.7. The molecule has 2 rings (SSSR count). The maximum atomic E-state index is 11.7. The largest absolute Gasteiger partial charge is 0.511 e. The van der Waals surface area contributed by atoms with E-state index in [2.05, 4.69) is 31.9 Å². The van der Waals surface area contributed by atoms with E-state index in [-0.39, 0.29) is 18.0 Å². The van der Waals surface area contributed by atoms with Gasteiger partial charge < -0.3 is 14.2 Å². The van der Waals surface area contributed by atoms with E-state index in [9.17, 15) is 10.1 Å². The molecule has 1 aromatic carbocycles. The molecule has 2 aromatic rings. The maximum Gasteiger partial charge on any atom is 0.511 e. The topological polar surface area (TPSA) is 86.4 Å². The second kappa shape index (κ2) is 10.7. The average Bonchev–Trinajstić information content (AvgIpc) is 3.05. The lowest BCUT2D eigenvalue weighted by Gasteiger charge is -2.19. The van der Waals surface area contributed by atoms with Crippen molar-refractivity contribution in [2.45, 2.75) is 52.9 Å². The number of nitriles is 1. The maximum absolute atomic E-state index is 11.7. The molecule has 0 atom stereocenters. The van der Waals surface area contributed by atoms with E-state index >= 15 is 0 Å². The van der Waals surface area contributed by atoms with Crippen molar-refractivity contribution in [3.8, 4) is 6.07 Å². The van der Waals surface area contributed by atoms with Crippen LogP contribution in [-0.4, -0.2) is 29.3 Å². The molecule has 0 N–H and O–H groups in total. The third-order valence-electron chi connectivity index (χ3n) is 4.71. The smallest absolute Gasteiger partial charge is 0.454 e. The number of hydrogen-bond donors (Lipinski definition) is 0. The minimum absolute atomic E-state index is 0.000488. The average molecular weight is 426 g/mol. The summed E-state index contributed by atoms with van der Waals surface area (Å²) in [5.41, 5.74) is 3.57. The minimum Gasteiger partial charge on any atom is -0.454 e. The number of ether oxygens (including phenoxy) is 3. The lowest BCUT2D eigenvalue weighted by molar-refractivity contribution is -0.00600. The van der Waals surface area contributed by atoms with Gasteiger partial charge >= 0.3 is 6.16 Å². The molecule has 0 bridgehead atoms. The van der Waals surface area contributed by atoms with Crippen LogP contribution in [0.4, 0.5) is 4.79 Å². The summed E-state index contributed by atoms with van der Waals surface area (Å²) in [5, 5.41) is 14.3. The van der Waals surface area contributed by atoms with Gasteiger partial charge in [-0.15, -0.1) is 0 Å². The number of aromatic nitrogens is 2. The molecule has 1 aromatic heterocycles. The standard InChI is InChI=1S/C24H31N3O4/c1-7-8-13-29-23(28)31-16-30-22(21-14-17(2)26-27(21)6)20(15-25)18-9-11-19(12-10-18)24(3,4)5/h9-12,14H,7-8,13,16H2,1-6H3/b22-20-. The molecule has 0 unspecified atom stereocenters. The van der Waals surface area contributed by atoms with Gasteiger partial charge in [0.25, 0.3) is 0 Å². The van der Waals surface area contributed by atoms with Gasteiger partial charge in [0.15, 0.2) is 5.76 Å².